The van der Waals surface area contributed by atoms with Gasteiger partial charge in [0.2, 0.25) is 0 Å². The van der Waals surface area contributed by atoms with Gasteiger partial charge >= 0.3 is 0 Å². The topological polar surface area (TPSA) is 42.7 Å². The molecular weight excluding hydrogens is 259 g/mol. The molecule has 2 rings (SSSR count). The molecule has 0 saturated heterocycles. The zero-order chi connectivity index (χ0) is 12.3. The van der Waals surface area contributed by atoms with Crippen LogP contribution in [0.25, 0.3) is 0 Å². The molecule has 0 aliphatic heterocycles. The Balaban J connectivity index is 2.13. The van der Waals surface area contributed by atoms with Gasteiger partial charge in [-0.15, -0.1) is 0 Å². The van der Waals surface area contributed by atoms with Gasteiger partial charge in [0.15, 0.2) is 5.82 Å². The minimum atomic E-state index is 0.590. The number of nitrogens with one attached hydrogen (secondary N) is 1. The summed E-state index contributed by atoms with van der Waals surface area (Å²) in [7, 11) is 1.86. The molecule has 17 heavy (non-hydrogen) atoms. The average Bonchev–Trinajstić information content (AvgIpc) is 2.71. The van der Waals surface area contributed by atoms with Gasteiger partial charge in [-0.25, -0.2) is 9.67 Å². The summed E-state index contributed by atoms with van der Waals surface area (Å²) >= 11 is 11.9. The van der Waals surface area contributed by atoms with E-state index in [2.05, 4.69) is 15.4 Å². The highest BCUT2D eigenvalue weighted by Gasteiger charge is 2.04. The van der Waals surface area contributed by atoms with Crippen LogP contribution in [-0.2, 0) is 13.1 Å². The highest BCUT2D eigenvalue weighted by atomic mass is 35.5. The zero-order valence-electron chi connectivity index (χ0n) is 9.32. The van der Waals surface area contributed by atoms with Crippen LogP contribution in [0.5, 0.6) is 0 Å². The van der Waals surface area contributed by atoms with E-state index >= 15 is 0 Å². The first-order valence-corrected chi connectivity index (χ1v) is 5.91. The Kier molecular flexibility index (Phi) is 3.99. The van der Waals surface area contributed by atoms with Gasteiger partial charge in [0, 0.05) is 10.0 Å². The quantitative estimate of drug-likeness (QED) is 0.928. The van der Waals surface area contributed by atoms with Crippen LogP contribution in [0.4, 0.5) is 0 Å². The molecule has 0 aliphatic carbocycles. The molecule has 0 radical (unpaired) electrons. The third-order valence-corrected chi connectivity index (χ3v) is 2.85. The molecule has 1 aromatic carbocycles. The number of hydrogen-bond donors (Lipinski definition) is 1. The van der Waals surface area contributed by atoms with E-state index in [1.807, 2.05) is 19.2 Å². The predicted octanol–water partition coefficient (Wildman–Crippen LogP) is 2.35. The lowest BCUT2D eigenvalue weighted by atomic mass is 10.2. The molecule has 0 saturated carbocycles. The third-order valence-electron chi connectivity index (χ3n) is 2.27. The maximum Gasteiger partial charge on any atom is 0.164 e. The number of hydrogen-bond acceptors (Lipinski definition) is 3. The number of halogens is 2. The lowest BCUT2D eigenvalue weighted by molar-refractivity contribution is 0.659. The van der Waals surface area contributed by atoms with Gasteiger partial charge in [0.25, 0.3) is 0 Å². The van der Waals surface area contributed by atoms with Crippen LogP contribution in [0.1, 0.15) is 11.4 Å². The van der Waals surface area contributed by atoms with Crippen molar-refractivity contribution in [3.8, 4) is 0 Å². The van der Waals surface area contributed by atoms with Crippen molar-refractivity contribution in [3.63, 3.8) is 0 Å². The van der Waals surface area contributed by atoms with Crippen molar-refractivity contribution in [2.75, 3.05) is 7.05 Å². The van der Waals surface area contributed by atoms with Crippen molar-refractivity contribution < 1.29 is 0 Å². The largest absolute Gasteiger partial charge is 0.313 e. The van der Waals surface area contributed by atoms with Crippen LogP contribution in [-0.4, -0.2) is 21.8 Å². The van der Waals surface area contributed by atoms with Crippen LogP contribution in [0.2, 0.25) is 10.0 Å². The van der Waals surface area contributed by atoms with Gasteiger partial charge in [-0.1, -0.05) is 29.3 Å². The molecule has 0 amide bonds. The Morgan fingerprint density at radius 2 is 2.18 bits per heavy atom. The van der Waals surface area contributed by atoms with Gasteiger partial charge in [-0.2, -0.15) is 5.10 Å². The Labute approximate surface area is 110 Å². The van der Waals surface area contributed by atoms with Crippen LogP contribution >= 0.6 is 23.2 Å². The summed E-state index contributed by atoms with van der Waals surface area (Å²) in [5, 5.41) is 8.58. The first kappa shape index (κ1) is 12.4. The van der Waals surface area contributed by atoms with Gasteiger partial charge in [0.1, 0.15) is 6.33 Å². The van der Waals surface area contributed by atoms with E-state index in [-0.39, 0.29) is 0 Å². The van der Waals surface area contributed by atoms with Crippen molar-refractivity contribution >= 4 is 23.2 Å². The second-order valence-electron chi connectivity index (χ2n) is 3.62. The fourth-order valence-electron chi connectivity index (χ4n) is 1.47. The Hall–Kier alpha value is -1.10. The van der Waals surface area contributed by atoms with Crippen molar-refractivity contribution in [2.24, 2.45) is 0 Å². The Morgan fingerprint density at radius 3 is 2.88 bits per heavy atom. The van der Waals surface area contributed by atoms with E-state index in [0.717, 1.165) is 11.4 Å². The van der Waals surface area contributed by atoms with Gasteiger partial charge in [-0.3, -0.25) is 0 Å². The number of rotatable bonds is 4. The molecule has 1 aromatic heterocycles. The standard InChI is InChI=1S/C11H12Cl2N4/c1-14-5-11-15-7-17(16-11)6-8-2-3-9(12)4-10(8)13/h2-4,7,14H,5-6H2,1H3. The van der Waals surface area contributed by atoms with Crippen LogP contribution < -0.4 is 5.32 Å². The maximum atomic E-state index is 6.09. The lowest BCUT2D eigenvalue weighted by Gasteiger charge is -2.04. The smallest absolute Gasteiger partial charge is 0.164 e. The zero-order valence-corrected chi connectivity index (χ0v) is 10.8. The van der Waals surface area contributed by atoms with Gasteiger partial charge < -0.3 is 5.32 Å². The summed E-state index contributed by atoms with van der Waals surface area (Å²) < 4.78 is 1.75. The molecule has 2 aromatic rings. The van der Waals surface area contributed by atoms with Gasteiger partial charge in [-0.05, 0) is 24.7 Å². The van der Waals surface area contributed by atoms with Crippen molar-refractivity contribution in [3.05, 3.63) is 46.0 Å². The Bertz CT molecular complexity index is 510. The normalized spacial score (nSPS) is 10.8. The first-order valence-electron chi connectivity index (χ1n) is 5.16. The van der Waals surface area contributed by atoms with Crippen LogP contribution in [0.3, 0.4) is 0 Å². The second kappa shape index (κ2) is 5.49. The van der Waals surface area contributed by atoms with E-state index in [9.17, 15) is 0 Å². The summed E-state index contributed by atoms with van der Waals surface area (Å²) in [5.41, 5.74) is 0.969. The molecule has 4 nitrogen and oxygen atoms in total. The fourth-order valence-corrected chi connectivity index (χ4v) is 1.94. The third kappa shape index (κ3) is 3.19. The molecule has 0 atom stereocenters. The summed E-state index contributed by atoms with van der Waals surface area (Å²) in [4.78, 5) is 4.17. The molecule has 0 spiro atoms. The minimum Gasteiger partial charge on any atom is -0.313 e. The van der Waals surface area contributed by atoms with E-state index < -0.39 is 0 Å². The SMILES string of the molecule is CNCc1ncn(Cc2ccc(Cl)cc2Cl)n1. The first-order chi connectivity index (χ1) is 8.19. The molecule has 1 N–H and O–H groups in total. The number of benzene rings is 1. The summed E-state index contributed by atoms with van der Waals surface area (Å²) in [5.74, 6) is 0.762. The summed E-state index contributed by atoms with van der Waals surface area (Å²) in [6, 6.07) is 5.43. The molecule has 0 fully saturated rings. The predicted molar refractivity (Wildman–Crippen MR) is 68.3 cm³/mol. The summed E-state index contributed by atoms with van der Waals surface area (Å²) in [6.07, 6.45) is 1.69. The number of nitrogens with zero attached hydrogens (tertiary/aromatic N) is 3. The van der Waals surface area contributed by atoms with E-state index in [1.54, 1.807) is 17.1 Å². The lowest BCUT2D eigenvalue weighted by Crippen LogP contribution is -2.08. The average molecular weight is 271 g/mol. The van der Waals surface area contributed by atoms with E-state index in [1.165, 1.54) is 0 Å². The van der Waals surface area contributed by atoms with Gasteiger partial charge in [0.05, 0.1) is 13.1 Å². The van der Waals surface area contributed by atoms with Crippen LogP contribution in [0.15, 0.2) is 24.5 Å². The van der Waals surface area contributed by atoms with E-state index in [4.69, 9.17) is 23.2 Å². The molecule has 0 unspecified atom stereocenters. The molecule has 6 heteroatoms. The number of aromatic nitrogens is 3. The summed E-state index contributed by atoms with van der Waals surface area (Å²) in [6.45, 7) is 1.24. The second-order valence-corrected chi connectivity index (χ2v) is 4.47. The molecule has 0 aliphatic rings. The minimum absolute atomic E-state index is 0.590. The molecule has 1 heterocycles. The van der Waals surface area contributed by atoms with Crippen molar-refractivity contribution in [1.29, 1.82) is 0 Å². The monoisotopic (exact) mass is 270 g/mol. The van der Waals surface area contributed by atoms with Crippen molar-refractivity contribution in [1.82, 2.24) is 20.1 Å². The maximum absolute atomic E-state index is 6.09. The highest BCUT2D eigenvalue weighted by molar-refractivity contribution is 6.35. The van der Waals surface area contributed by atoms with Crippen molar-refractivity contribution in [2.45, 2.75) is 13.1 Å². The van der Waals surface area contributed by atoms with Crippen LogP contribution in [0, 0.1) is 0 Å². The van der Waals surface area contributed by atoms with E-state index in [0.29, 0.717) is 23.1 Å². The molecule has 0 bridgehead atoms. The molecular formula is C11H12Cl2N4. The Morgan fingerprint density at radius 1 is 1.35 bits per heavy atom. The highest BCUT2D eigenvalue weighted by Crippen LogP contribution is 2.21. The molecule has 90 valence electrons. The fraction of sp³-hybridized carbons (Fsp3) is 0.273.